The third kappa shape index (κ3) is 0.856. The Hall–Kier alpha value is -0.120. The fourth-order valence-electron chi connectivity index (χ4n) is 1.89. The van der Waals surface area contributed by atoms with Crippen molar-refractivity contribution in [1.82, 2.24) is 5.32 Å². The third-order valence-electron chi connectivity index (χ3n) is 2.57. The quantitative estimate of drug-likeness (QED) is 0.505. The van der Waals surface area contributed by atoms with E-state index in [0.29, 0.717) is 17.9 Å². The zero-order valence-corrected chi connectivity index (χ0v) is 5.92. The summed E-state index contributed by atoms with van der Waals surface area (Å²) in [6.07, 6.45) is 0.386. The van der Waals surface area contributed by atoms with Crippen molar-refractivity contribution >= 4 is 0 Å². The highest BCUT2D eigenvalue weighted by Crippen LogP contribution is 2.28. The largest absolute Gasteiger partial charge is 0.396 e. The lowest BCUT2D eigenvalue weighted by molar-refractivity contribution is 0.105. The molecule has 0 amide bonds. The monoisotopic (exact) mass is 143 g/mol. The van der Waals surface area contributed by atoms with Crippen molar-refractivity contribution in [3.8, 4) is 0 Å². The van der Waals surface area contributed by atoms with E-state index >= 15 is 0 Å². The molecule has 0 bridgehead atoms. The van der Waals surface area contributed by atoms with E-state index in [1.165, 1.54) is 0 Å². The molecule has 2 heterocycles. The van der Waals surface area contributed by atoms with Gasteiger partial charge in [-0.3, -0.25) is 0 Å². The minimum atomic E-state index is 0.281. The molecule has 0 aromatic carbocycles. The maximum Gasteiger partial charge on any atom is 0.0744 e. The summed E-state index contributed by atoms with van der Waals surface area (Å²) in [5.74, 6) is 0.963. The molecular formula is C7H13NO2. The van der Waals surface area contributed by atoms with Crippen LogP contribution in [0.3, 0.4) is 0 Å². The number of ether oxygens (including phenoxy) is 1. The predicted molar refractivity (Wildman–Crippen MR) is 36.7 cm³/mol. The Morgan fingerprint density at radius 2 is 2.40 bits per heavy atom. The van der Waals surface area contributed by atoms with Crippen LogP contribution in [0.4, 0.5) is 0 Å². The lowest BCUT2D eigenvalue weighted by Gasteiger charge is -2.10. The van der Waals surface area contributed by atoms with Crippen LogP contribution < -0.4 is 5.32 Å². The fourth-order valence-corrected chi connectivity index (χ4v) is 1.89. The summed E-state index contributed by atoms with van der Waals surface area (Å²) >= 11 is 0. The first-order valence-electron chi connectivity index (χ1n) is 3.85. The molecule has 0 aromatic rings. The van der Waals surface area contributed by atoms with Crippen LogP contribution in [0, 0.1) is 11.8 Å². The van der Waals surface area contributed by atoms with E-state index in [1.54, 1.807) is 0 Å². The predicted octanol–water partition coefficient (Wildman–Crippen LogP) is -0.787. The minimum Gasteiger partial charge on any atom is -0.396 e. The molecule has 0 aromatic heterocycles. The van der Waals surface area contributed by atoms with E-state index in [0.717, 1.165) is 19.7 Å². The van der Waals surface area contributed by atoms with Crippen molar-refractivity contribution in [2.75, 3.05) is 26.3 Å². The van der Waals surface area contributed by atoms with Crippen molar-refractivity contribution in [3.63, 3.8) is 0 Å². The van der Waals surface area contributed by atoms with Gasteiger partial charge < -0.3 is 15.2 Å². The summed E-state index contributed by atoms with van der Waals surface area (Å²) in [5, 5.41) is 12.2. The fraction of sp³-hybridized carbons (Fsp3) is 1.00. The maximum atomic E-state index is 8.91. The second kappa shape index (κ2) is 2.49. The van der Waals surface area contributed by atoms with Crippen molar-refractivity contribution in [3.05, 3.63) is 0 Å². The first kappa shape index (κ1) is 6.58. The molecule has 2 rings (SSSR count). The van der Waals surface area contributed by atoms with Crippen LogP contribution in [0.15, 0.2) is 0 Å². The van der Waals surface area contributed by atoms with Crippen LogP contribution in [0.5, 0.6) is 0 Å². The van der Waals surface area contributed by atoms with Crippen molar-refractivity contribution in [2.24, 2.45) is 11.8 Å². The van der Waals surface area contributed by atoms with Gasteiger partial charge in [-0.2, -0.15) is 0 Å². The highest BCUT2D eigenvalue weighted by atomic mass is 16.5. The molecule has 58 valence electrons. The normalized spacial score (nSPS) is 45.9. The van der Waals surface area contributed by atoms with Gasteiger partial charge in [0.25, 0.3) is 0 Å². The molecule has 2 aliphatic rings. The van der Waals surface area contributed by atoms with Crippen LogP contribution in [0.1, 0.15) is 0 Å². The number of hydrogen-bond acceptors (Lipinski definition) is 3. The van der Waals surface area contributed by atoms with Crippen molar-refractivity contribution in [2.45, 2.75) is 6.10 Å². The Balaban J connectivity index is 2.01. The number of fused-ring (bicyclic) bond motifs is 1. The molecule has 3 nitrogen and oxygen atoms in total. The van der Waals surface area contributed by atoms with Crippen LogP contribution in [-0.2, 0) is 4.74 Å². The molecule has 0 spiro atoms. The first-order valence-corrected chi connectivity index (χ1v) is 3.85. The van der Waals surface area contributed by atoms with Gasteiger partial charge in [0.2, 0.25) is 0 Å². The topological polar surface area (TPSA) is 41.5 Å². The van der Waals surface area contributed by atoms with E-state index in [1.807, 2.05) is 0 Å². The molecule has 2 fully saturated rings. The minimum absolute atomic E-state index is 0.281. The molecule has 0 aliphatic carbocycles. The summed E-state index contributed by atoms with van der Waals surface area (Å²) in [4.78, 5) is 0. The van der Waals surface area contributed by atoms with E-state index < -0.39 is 0 Å². The van der Waals surface area contributed by atoms with Crippen LogP contribution in [0.2, 0.25) is 0 Å². The Labute approximate surface area is 60.4 Å². The molecule has 2 aliphatic heterocycles. The number of nitrogens with one attached hydrogen (secondary N) is 1. The zero-order chi connectivity index (χ0) is 6.97. The Bertz CT molecular complexity index is 129. The van der Waals surface area contributed by atoms with Gasteiger partial charge in [-0.05, 0) is 0 Å². The number of hydrogen-bond donors (Lipinski definition) is 2. The van der Waals surface area contributed by atoms with E-state index in [4.69, 9.17) is 9.84 Å². The van der Waals surface area contributed by atoms with Gasteiger partial charge in [-0.1, -0.05) is 0 Å². The van der Waals surface area contributed by atoms with Gasteiger partial charge in [0, 0.05) is 31.5 Å². The molecule has 3 atom stereocenters. The van der Waals surface area contributed by atoms with Gasteiger partial charge in [0.15, 0.2) is 0 Å². The van der Waals surface area contributed by atoms with Crippen LogP contribution >= 0.6 is 0 Å². The Morgan fingerprint density at radius 1 is 1.50 bits per heavy atom. The molecule has 0 saturated carbocycles. The Kier molecular flexibility index (Phi) is 1.64. The van der Waals surface area contributed by atoms with Gasteiger partial charge >= 0.3 is 0 Å². The Morgan fingerprint density at radius 3 is 3.20 bits per heavy atom. The second-order valence-corrected chi connectivity index (χ2v) is 3.14. The molecule has 3 heteroatoms. The van der Waals surface area contributed by atoms with E-state index in [9.17, 15) is 0 Å². The summed E-state index contributed by atoms with van der Waals surface area (Å²) in [6, 6.07) is 0. The summed E-state index contributed by atoms with van der Waals surface area (Å²) in [5.41, 5.74) is 0. The van der Waals surface area contributed by atoms with Crippen LogP contribution in [-0.4, -0.2) is 37.5 Å². The van der Waals surface area contributed by atoms with Crippen molar-refractivity contribution < 1.29 is 9.84 Å². The number of aliphatic hydroxyl groups is 1. The second-order valence-electron chi connectivity index (χ2n) is 3.14. The van der Waals surface area contributed by atoms with Gasteiger partial charge in [-0.25, -0.2) is 0 Å². The van der Waals surface area contributed by atoms with Gasteiger partial charge in [0.1, 0.15) is 0 Å². The third-order valence-corrected chi connectivity index (χ3v) is 2.57. The highest BCUT2D eigenvalue weighted by Gasteiger charge is 2.39. The highest BCUT2D eigenvalue weighted by molar-refractivity contribution is 4.90. The molecule has 10 heavy (non-hydrogen) atoms. The van der Waals surface area contributed by atoms with Crippen molar-refractivity contribution in [1.29, 1.82) is 0 Å². The smallest absolute Gasteiger partial charge is 0.0744 e. The van der Waals surface area contributed by atoms with Gasteiger partial charge in [0.05, 0.1) is 12.7 Å². The molecule has 0 unspecified atom stereocenters. The lowest BCUT2D eigenvalue weighted by atomic mass is 9.94. The summed E-state index contributed by atoms with van der Waals surface area (Å²) in [6.45, 7) is 3.04. The van der Waals surface area contributed by atoms with Gasteiger partial charge in [-0.15, -0.1) is 0 Å². The zero-order valence-electron chi connectivity index (χ0n) is 5.92. The molecular weight excluding hydrogens is 130 g/mol. The van der Waals surface area contributed by atoms with E-state index in [-0.39, 0.29) is 6.61 Å². The SMILES string of the molecule is OC[C@H]1CO[C@H]2CNC[C@@H]12. The number of rotatable bonds is 1. The number of aliphatic hydroxyl groups excluding tert-OH is 1. The average molecular weight is 143 g/mol. The van der Waals surface area contributed by atoms with E-state index in [2.05, 4.69) is 5.32 Å². The summed E-state index contributed by atoms with van der Waals surface area (Å²) < 4.78 is 5.46. The lowest BCUT2D eigenvalue weighted by Crippen LogP contribution is -2.21. The molecule has 0 radical (unpaired) electrons. The maximum absolute atomic E-state index is 8.91. The standard InChI is InChI=1S/C7H13NO2/c9-3-5-4-10-7-2-8-1-6(5)7/h5-9H,1-4H2/t5-,6-,7-/m0/s1. The first-order chi connectivity index (χ1) is 4.92. The summed E-state index contributed by atoms with van der Waals surface area (Å²) in [7, 11) is 0. The molecule has 2 saturated heterocycles. The average Bonchev–Trinajstić information content (AvgIpc) is 2.44. The molecule has 2 N–H and O–H groups in total. The van der Waals surface area contributed by atoms with Crippen LogP contribution in [0.25, 0.3) is 0 Å².